The number of hydrogen-bond donors (Lipinski definition) is 1. The maximum absolute atomic E-state index is 12.8. The van der Waals surface area contributed by atoms with Crippen LogP contribution >= 0.6 is 0 Å². The van der Waals surface area contributed by atoms with Crippen molar-refractivity contribution in [3.8, 4) is 0 Å². The van der Waals surface area contributed by atoms with Crippen LogP contribution in [0.2, 0.25) is 0 Å². The van der Waals surface area contributed by atoms with Crippen LogP contribution in [0.4, 0.5) is 18.9 Å². The summed E-state index contributed by atoms with van der Waals surface area (Å²) in [5.74, 6) is 0. The van der Waals surface area contributed by atoms with Crippen LogP contribution in [0.3, 0.4) is 0 Å². The average molecular weight is 301 g/mol. The van der Waals surface area contributed by atoms with Gasteiger partial charge in [0.2, 0.25) is 0 Å². The Hall–Kier alpha value is -1.30. The average Bonchev–Trinajstić information content (AvgIpc) is 3.16. The first kappa shape index (κ1) is 16.1. The summed E-state index contributed by atoms with van der Waals surface area (Å²) in [5, 5.41) is 3.31. The lowest BCUT2D eigenvalue weighted by Crippen LogP contribution is -2.38. The minimum Gasteiger partial charge on any atom is -0.359 e. The number of halogens is 3. The van der Waals surface area contributed by atoms with Gasteiger partial charge in [0, 0.05) is 41.8 Å². The van der Waals surface area contributed by atoms with Crippen molar-refractivity contribution in [2.45, 2.75) is 57.9 Å². The molecule has 2 rings (SSSR count). The first-order valence-corrected chi connectivity index (χ1v) is 7.17. The third kappa shape index (κ3) is 5.19. The topological polar surface area (TPSA) is 28.2 Å². The van der Waals surface area contributed by atoms with Crippen molar-refractivity contribution in [1.29, 1.82) is 0 Å². The SMILES string of the molecule is CC(C)(C)NCc1cnccc1N(CC(F)(F)F)C1CC1. The van der Waals surface area contributed by atoms with Crippen molar-refractivity contribution in [3.05, 3.63) is 24.0 Å². The largest absolute Gasteiger partial charge is 0.405 e. The highest BCUT2D eigenvalue weighted by atomic mass is 19.4. The predicted octanol–water partition coefficient (Wildman–Crippen LogP) is 3.50. The summed E-state index contributed by atoms with van der Waals surface area (Å²) >= 11 is 0. The van der Waals surface area contributed by atoms with Gasteiger partial charge in [-0.1, -0.05) is 0 Å². The molecule has 1 aromatic rings. The maximum atomic E-state index is 12.8. The van der Waals surface area contributed by atoms with E-state index in [0.717, 1.165) is 18.4 Å². The van der Waals surface area contributed by atoms with Crippen molar-refractivity contribution in [3.63, 3.8) is 0 Å². The van der Waals surface area contributed by atoms with Gasteiger partial charge in [0.15, 0.2) is 0 Å². The lowest BCUT2D eigenvalue weighted by atomic mass is 10.1. The highest BCUT2D eigenvalue weighted by Gasteiger charge is 2.38. The fraction of sp³-hybridized carbons (Fsp3) is 0.667. The summed E-state index contributed by atoms with van der Waals surface area (Å²) in [6, 6.07) is 1.69. The van der Waals surface area contributed by atoms with Crippen LogP contribution in [0.1, 0.15) is 39.2 Å². The van der Waals surface area contributed by atoms with E-state index < -0.39 is 12.7 Å². The summed E-state index contributed by atoms with van der Waals surface area (Å²) in [5.41, 5.74) is 1.35. The van der Waals surface area contributed by atoms with Gasteiger partial charge < -0.3 is 10.2 Å². The molecule has 3 nitrogen and oxygen atoms in total. The molecule has 0 bridgehead atoms. The van der Waals surface area contributed by atoms with Gasteiger partial charge in [-0.3, -0.25) is 4.98 Å². The zero-order valence-corrected chi connectivity index (χ0v) is 12.7. The summed E-state index contributed by atoms with van der Waals surface area (Å²) in [6.45, 7) is 5.68. The third-order valence-corrected chi connectivity index (χ3v) is 3.33. The molecule has 1 heterocycles. The van der Waals surface area contributed by atoms with Gasteiger partial charge in [-0.2, -0.15) is 13.2 Å². The number of rotatable bonds is 5. The summed E-state index contributed by atoms with van der Waals surface area (Å²) in [7, 11) is 0. The zero-order chi connectivity index (χ0) is 15.7. The van der Waals surface area contributed by atoms with E-state index in [-0.39, 0.29) is 11.6 Å². The van der Waals surface area contributed by atoms with Crippen molar-refractivity contribution in [2.75, 3.05) is 11.4 Å². The number of alkyl halides is 3. The number of aromatic nitrogens is 1. The number of anilines is 1. The Morgan fingerprint density at radius 1 is 1.29 bits per heavy atom. The summed E-state index contributed by atoms with van der Waals surface area (Å²) < 4.78 is 38.4. The van der Waals surface area contributed by atoms with E-state index in [1.165, 1.54) is 4.90 Å². The molecule has 118 valence electrons. The second kappa shape index (κ2) is 5.83. The molecule has 21 heavy (non-hydrogen) atoms. The van der Waals surface area contributed by atoms with Crippen LogP contribution in [-0.4, -0.2) is 29.3 Å². The molecule has 1 fully saturated rings. The zero-order valence-electron chi connectivity index (χ0n) is 12.7. The second-order valence-electron chi connectivity index (χ2n) is 6.58. The molecule has 0 aliphatic heterocycles. The van der Waals surface area contributed by atoms with Crippen LogP contribution in [0, 0.1) is 0 Å². The molecule has 0 unspecified atom stereocenters. The predicted molar refractivity (Wildman–Crippen MR) is 77.3 cm³/mol. The molecule has 0 atom stereocenters. The Bertz CT molecular complexity index is 476. The van der Waals surface area contributed by atoms with Crippen LogP contribution in [0.5, 0.6) is 0 Å². The van der Waals surface area contributed by atoms with Crippen LogP contribution in [0.15, 0.2) is 18.5 Å². The fourth-order valence-electron chi connectivity index (χ4n) is 2.19. The van der Waals surface area contributed by atoms with E-state index in [4.69, 9.17) is 0 Å². The van der Waals surface area contributed by atoms with E-state index in [2.05, 4.69) is 10.3 Å². The molecule has 1 saturated carbocycles. The molecule has 1 aliphatic carbocycles. The van der Waals surface area contributed by atoms with E-state index >= 15 is 0 Å². The Morgan fingerprint density at radius 2 is 1.95 bits per heavy atom. The standard InChI is InChI=1S/C15H22F3N3/c1-14(2,3)20-9-11-8-19-7-6-13(11)21(12-4-5-12)10-15(16,17)18/h6-8,12,20H,4-5,9-10H2,1-3H3. The number of nitrogens with one attached hydrogen (secondary N) is 1. The minimum atomic E-state index is -4.19. The maximum Gasteiger partial charge on any atom is 0.405 e. The number of pyridine rings is 1. The summed E-state index contributed by atoms with van der Waals surface area (Å²) in [6.07, 6.45) is 0.664. The smallest absolute Gasteiger partial charge is 0.359 e. The van der Waals surface area contributed by atoms with Gasteiger partial charge in [0.05, 0.1) is 0 Å². The molecule has 0 radical (unpaired) electrons. The molecule has 0 aromatic carbocycles. The van der Waals surface area contributed by atoms with Crippen LogP contribution < -0.4 is 10.2 Å². The number of nitrogens with zero attached hydrogens (tertiary/aromatic N) is 2. The molecule has 0 amide bonds. The van der Waals surface area contributed by atoms with Crippen LogP contribution in [0.25, 0.3) is 0 Å². The van der Waals surface area contributed by atoms with E-state index in [1.807, 2.05) is 20.8 Å². The lowest BCUT2D eigenvalue weighted by Gasteiger charge is -2.29. The molecule has 1 N–H and O–H groups in total. The molecule has 6 heteroatoms. The normalized spacial score (nSPS) is 16.1. The monoisotopic (exact) mass is 301 g/mol. The molecule has 1 aromatic heterocycles. The molecular formula is C15H22F3N3. The van der Waals surface area contributed by atoms with Crippen molar-refractivity contribution < 1.29 is 13.2 Å². The second-order valence-corrected chi connectivity index (χ2v) is 6.58. The quantitative estimate of drug-likeness (QED) is 0.902. The fourth-order valence-corrected chi connectivity index (χ4v) is 2.19. The first-order chi connectivity index (χ1) is 9.66. The van der Waals surface area contributed by atoms with Crippen LogP contribution in [-0.2, 0) is 6.54 Å². The van der Waals surface area contributed by atoms with Gasteiger partial charge in [-0.15, -0.1) is 0 Å². The first-order valence-electron chi connectivity index (χ1n) is 7.17. The molecule has 1 aliphatic rings. The van der Waals surface area contributed by atoms with Crippen molar-refractivity contribution >= 4 is 5.69 Å². The highest BCUT2D eigenvalue weighted by molar-refractivity contribution is 5.54. The van der Waals surface area contributed by atoms with Crippen molar-refractivity contribution in [2.24, 2.45) is 0 Å². The van der Waals surface area contributed by atoms with Gasteiger partial charge in [0.1, 0.15) is 6.54 Å². The molecule has 0 saturated heterocycles. The Morgan fingerprint density at radius 3 is 2.48 bits per heavy atom. The van der Waals surface area contributed by atoms with Gasteiger partial charge in [0.25, 0.3) is 0 Å². The summed E-state index contributed by atoms with van der Waals surface area (Å²) in [4.78, 5) is 5.53. The van der Waals surface area contributed by atoms with E-state index in [9.17, 15) is 13.2 Å². The lowest BCUT2D eigenvalue weighted by molar-refractivity contribution is -0.120. The molecule has 0 spiro atoms. The number of hydrogen-bond acceptors (Lipinski definition) is 3. The minimum absolute atomic E-state index is 0.00223. The Kier molecular flexibility index (Phi) is 4.46. The van der Waals surface area contributed by atoms with Gasteiger partial charge in [-0.05, 0) is 39.7 Å². The Labute approximate surface area is 123 Å². The van der Waals surface area contributed by atoms with Crippen molar-refractivity contribution in [1.82, 2.24) is 10.3 Å². The van der Waals surface area contributed by atoms with E-state index in [0.29, 0.717) is 12.2 Å². The van der Waals surface area contributed by atoms with Gasteiger partial charge in [-0.25, -0.2) is 0 Å². The Balaban J connectivity index is 2.20. The van der Waals surface area contributed by atoms with E-state index in [1.54, 1.807) is 18.5 Å². The highest BCUT2D eigenvalue weighted by Crippen LogP contribution is 2.35. The van der Waals surface area contributed by atoms with Gasteiger partial charge >= 0.3 is 6.18 Å². The molecular weight excluding hydrogens is 279 g/mol. The third-order valence-electron chi connectivity index (χ3n) is 3.33.